The molecule has 2 amide bonds. The average molecular weight is 293 g/mol. The van der Waals surface area contributed by atoms with Crippen LogP contribution in [0.15, 0.2) is 0 Å². The molecule has 0 saturated carbocycles. The number of carbonyl (C=O) groups excluding carboxylic acids is 2. The van der Waals surface area contributed by atoms with E-state index in [1.807, 2.05) is 26.8 Å². The van der Waals surface area contributed by atoms with Crippen molar-refractivity contribution in [1.82, 2.24) is 9.80 Å². The summed E-state index contributed by atoms with van der Waals surface area (Å²) in [4.78, 5) is 27.4. The zero-order valence-corrected chi connectivity index (χ0v) is 13.0. The fourth-order valence-corrected chi connectivity index (χ4v) is 3.04. The first kappa shape index (κ1) is 15.6. The Morgan fingerprint density at radius 2 is 1.81 bits per heavy atom. The third-order valence-corrected chi connectivity index (χ3v) is 4.04. The van der Waals surface area contributed by atoms with E-state index in [0.717, 1.165) is 6.42 Å². The highest BCUT2D eigenvalue weighted by Gasteiger charge is 2.40. The van der Waals surface area contributed by atoms with E-state index in [2.05, 4.69) is 0 Å². The first-order valence-corrected chi connectivity index (χ1v) is 7.43. The Morgan fingerprint density at radius 3 is 2.43 bits per heavy atom. The molecule has 0 spiro atoms. The van der Waals surface area contributed by atoms with E-state index in [-0.39, 0.29) is 18.4 Å². The summed E-state index contributed by atoms with van der Waals surface area (Å²) >= 11 is 0. The predicted octanol–water partition coefficient (Wildman–Crippen LogP) is 1.62. The zero-order valence-electron chi connectivity index (χ0n) is 13.0. The molecule has 116 valence electrons. The van der Waals surface area contributed by atoms with Crippen LogP contribution in [0.5, 0.6) is 0 Å². The molecule has 2 fully saturated rings. The summed E-state index contributed by atoms with van der Waals surface area (Å²) < 4.78 is 5.40. The van der Waals surface area contributed by atoms with Gasteiger partial charge in [-0.2, -0.15) is 5.26 Å². The molecule has 21 heavy (non-hydrogen) atoms. The summed E-state index contributed by atoms with van der Waals surface area (Å²) in [6.07, 6.45) is 0.554. The molecular weight excluding hydrogens is 270 g/mol. The predicted molar refractivity (Wildman–Crippen MR) is 76.2 cm³/mol. The molecule has 0 aromatic rings. The molecule has 2 heterocycles. The van der Waals surface area contributed by atoms with Crippen molar-refractivity contribution in [1.29, 1.82) is 5.26 Å². The van der Waals surface area contributed by atoms with Crippen molar-refractivity contribution < 1.29 is 14.3 Å². The number of nitriles is 1. The second-order valence-corrected chi connectivity index (χ2v) is 6.87. The number of likely N-dealkylation sites (tertiary alicyclic amines) is 2. The Kier molecular flexibility index (Phi) is 4.40. The van der Waals surface area contributed by atoms with Gasteiger partial charge in [0.1, 0.15) is 12.0 Å². The van der Waals surface area contributed by atoms with Crippen molar-refractivity contribution in [3.8, 4) is 6.07 Å². The largest absolute Gasteiger partial charge is 0.444 e. The molecule has 2 rings (SSSR count). The van der Waals surface area contributed by atoms with Crippen LogP contribution in [-0.4, -0.2) is 53.6 Å². The SMILES string of the molecule is CC(C)(C)OC(=O)N1CCC2CN(C(=O)CC#N)CC2C1. The van der Waals surface area contributed by atoms with Gasteiger partial charge in [0.2, 0.25) is 5.91 Å². The highest BCUT2D eigenvalue weighted by Crippen LogP contribution is 2.32. The maximum absolute atomic E-state index is 12.1. The van der Waals surface area contributed by atoms with Crippen molar-refractivity contribution >= 4 is 12.0 Å². The van der Waals surface area contributed by atoms with Crippen LogP contribution in [0, 0.1) is 23.2 Å². The van der Waals surface area contributed by atoms with Gasteiger partial charge in [-0.25, -0.2) is 4.79 Å². The van der Waals surface area contributed by atoms with Gasteiger partial charge < -0.3 is 14.5 Å². The van der Waals surface area contributed by atoms with Crippen molar-refractivity contribution in [3.63, 3.8) is 0 Å². The van der Waals surface area contributed by atoms with Gasteiger partial charge in [0, 0.05) is 26.2 Å². The quantitative estimate of drug-likeness (QED) is 0.736. The number of nitrogens with zero attached hydrogens (tertiary/aromatic N) is 3. The highest BCUT2D eigenvalue weighted by atomic mass is 16.6. The lowest BCUT2D eigenvalue weighted by molar-refractivity contribution is -0.129. The third-order valence-electron chi connectivity index (χ3n) is 4.04. The molecule has 2 atom stereocenters. The molecule has 0 aliphatic carbocycles. The standard InChI is InChI=1S/C15H23N3O3/c1-15(2,3)21-14(20)17-7-5-11-8-18(10-12(11)9-17)13(19)4-6-16/h11-12H,4-5,7-10H2,1-3H3. The lowest BCUT2D eigenvalue weighted by atomic mass is 9.89. The number of fused-ring (bicyclic) bond motifs is 1. The molecule has 0 aromatic carbocycles. The monoisotopic (exact) mass is 293 g/mol. The van der Waals surface area contributed by atoms with Crippen molar-refractivity contribution in [3.05, 3.63) is 0 Å². The van der Waals surface area contributed by atoms with E-state index < -0.39 is 5.60 Å². The summed E-state index contributed by atoms with van der Waals surface area (Å²) in [6.45, 7) is 8.24. The van der Waals surface area contributed by atoms with Crippen LogP contribution in [0.4, 0.5) is 4.79 Å². The average Bonchev–Trinajstić information content (AvgIpc) is 2.79. The lowest BCUT2D eigenvalue weighted by Crippen LogP contribution is -2.45. The first-order chi connectivity index (χ1) is 9.80. The van der Waals surface area contributed by atoms with E-state index in [0.29, 0.717) is 38.0 Å². The van der Waals surface area contributed by atoms with Crippen LogP contribution in [-0.2, 0) is 9.53 Å². The number of hydrogen-bond donors (Lipinski definition) is 0. The fraction of sp³-hybridized carbons (Fsp3) is 0.800. The number of rotatable bonds is 1. The second-order valence-electron chi connectivity index (χ2n) is 6.87. The van der Waals surface area contributed by atoms with Gasteiger partial charge in [-0.1, -0.05) is 0 Å². The number of amides is 2. The first-order valence-electron chi connectivity index (χ1n) is 7.43. The van der Waals surface area contributed by atoms with Gasteiger partial charge in [0.25, 0.3) is 0 Å². The van der Waals surface area contributed by atoms with Crippen LogP contribution in [0.2, 0.25) is 0 Å². The van der Waals surface area contributed by atoms with Gasteiger partial charge in [0.15, 0.2) is 0 Å². The molecule has 6 heteroatoms. The summed E-state index contributed by atoms with van der Waals surface area (Å²) in [7, 11) is 0. The van der Waals surface area contributed by atoms with Crippen LogP contribution in [0.3, 0.4) is 0 Å². The number of hydrogen-bond acceptors (Lipinski definition) is 4. The third kappa shape index (κ3) is 3.87. The minimum Gasteiger partial charge on any atom is -0.444 e. The molecule has 0 N–H and O–H groups in total. The molecule has 2 aliphatic rings. The fourth-order valence-electron chi connectivity index (χ4n) is 3.04. The summed E-state index contributed by atoms with van der Waals surface area (Å²) in [5.74, 6) is 0.635. The molecule has 6 nitrogen and oxygen atoms in total. The van der Waals surface area contributed by atoms with E-state index in [4.69, 9.17) is 10.00 Å². The minimum atomic E-state index is -0.488. The number of ether oxygens (including phenoxy) is 1. The molecular formula is C15H23N3O3. The minimum absolute atomic E-state index is 0.0603. The lowest BCUT2D eigenvalue weighted by Gasteiger charge is -2.35. The Bertz CT molecular complexity index is 464. The normalized spacial score (nSPS) is 25.2. The van der Waals surface area contributed by atoms with Crippen molar-refractivity contribution in [2.45, 2.75) is 39.2 Å². The maximum atomic E-state index is 12.1. The Labute approximate surface area is 125 Å². The molecule has 0 aromatic heterocycles. The second kappa shape index (κ2) is 5.92. The van der Waals surface area contributed by atoms with Crippen LogP contribution >= 0.6 is 0 Å². The molecule has 2 saturated heterocycles. The van der Waals surface area contributed by atoms with Gasteiger partial charge in [-0.05, 0) is 39.0 Å². The van der Waals surface area contributed by atoms with Crippen LogP contribution in [0.1, 0.15) is 33.6 Å². The van der Waals surface area contributed by atoms with Gasteiger partial charge in [-0.3, -0.25) is 4.79 Å². The molecule has 0 radical (unpaired) electrons. The highest BCUT2D eigenvalue weighted by molar-refractivity contribution is 5.78. The summed E-state index contributed by atoms with van der Waals surface area (Å²) in [5.41, 5.74) is -0.488. The van der Waals surface area contributed by atoms with Crippen LogP contribution in [0.25, 0.3) is 0 Å². The number of carbonyl (C=O) groups is 2. The van der Waals surface area contributed by atoms with Gasteiger partial charge in [0.05, 0.1) is 6.07 Å². The summed E-state index contributed by atoms with van der Waals surface area (Å²) in [5, 5.41) is 8.61. The number of piperidine rings is 1. The molecule has 0 bridgehead atoms. The Hall–Kier alpha value is -1.77. The van der Waals surface area contributed by atoms with E-state index >= 15 is 0 Å². The van der Waals surface area contributed by atoms with Gasteiger partial charge >= 0.3 is 6.09 Å². The molecule has 2 aliphatic heterocycles. The zero-order chi connectivity index (χ0) is 15.6. The van der Waals surface area contributed by atoms with E-state index in [9.17, 15) is 9.59 Å². The maximum Gasteiger partial charge on any atom is 0.410 e. The topological polar surface area (TPSA) is 73.6 Å². The summed E-state index contributed by atoms with van der Waals surface area (Å²) in [6, 6.07) is 1.90. The van der Waals surface area contributed by atoms with Crippen LogP contribution < -0.4 is 0 Å². The smallest absolute Gasteiger partial charge is 0.410 e. The van der Waals surface area contributed by atoms with Gasteiger partial charge in [-0.15, -0.1) is 0 Å². The molecule has 2 unspecified atom stereocenters. The Morgan fingerprint density at radius 1 is 1.19 bits per heavy atom. The van der Waals surface area contributed by atoms with E-state index in [1.54, 1.807) is 9.80 Å². The van der Waals surface area contributed by atoms with Crippen molar-refractivity contribution in [2.75, 3.05) is 26.2 Å². The van der Waals surface area contributed by atoms with Crippen molar-refractivity contribution in [2.24, 2.45) is 11.8 Å². The van der Waals surface area contributed by atoms with E-state index in [1.165, 1.54) is 0 Å². The Balaban J connectivity index is 1.91.